The molecule has 0 aliphatic rings. The molecule has 32 heavy (non-hydrogen) atoms. The average molecular weight is 423 g/mol. The second kappa shape index (κ2) is 7.77. The first kappa shape index (κ1) is 19.7. The van der Waals surface area contributed by atoms with Crippen LogP contribution in [0.3, 0.4) is 0 Å². The molecule has 0 spiro atoms. The maximum Gasteiger partial charge on any atom is 0.255 e. The number of amides is 1. The van der Waals surface area contributed by atoms with Gasteiger partial charge >= 0.3 is 0 Å². The first-order chi connectivity index (χ1) is 15.5. The van der Waals surface area contributed by atoms with Crippen molar-refractivity contribution in [2.24, 2.45) is 0 Å². The number of hydrogen-bond donors (Lipinski definition) is 2. The summed E-state index contributed by atoms with van der Waals surface area (Å²) in [5.41, 5.74) is 5.62. The van der Waals surface area contributed by atoms with Crippen LogP contribution in [0.4, 0.5) is 5.69 Å². The lowest BCUT2D eigenvalue weighted by molar-refractivity contribution is -0.115. The Balaban J connectivity index is 1.80. The molecule has 2 N–H and O–H groups in total. The Kier molecular flexibility index (Phi) is 4.78. The number of H-pyrrole nitrogens is 1. The lowest BCUT2D eigenvalue weighted by Gasteiger charge is -2.15. The quantitative estimate of drug-likeness (QED) is 0.414. The van der Waals surface area contributed by atoms with Crippen molar-refractivity contribution >= 4 is 33.4 Å². The number of carbonyl (C=O) groups excluding carboxylic acids is 1. The highest BCUT2D eigenvalue weighted by Crippen LogP contribution is 2.30. The van der Waals surface area contributed by atoms with Crippen LogP contribution in [-0.2, 0) is 4.79 Å². The number of aromatic nitrogens is 4. The predicted molar refractivity (Wildman–Crippen MR) is 126 cm³/mol. The first-order valence-corrected chi connectivity index (χ1v) is 10.4. The maximum absolute atomic E-state index is 13.1. The van der Waals surface area contributed by atoms with Gasteiger partial charge in [-0.25, -0.2) is 0 Å². The topological polar surface area (TPSA) is 92.7 Å². The van der Waals surface area contributed by atoms with E-state index in [4.69, 9.17) is 0 Å². The number of carbonyl (C=O) groups is 1. The van der Waals surface area contributed by atoms with Crippen LogP contribution < -0.4 is 10.9 Å². The highest BCUT2D eigenvalue weighted by molar-refractivity contribution is 6.05. The monoisotopic (exact) mass is 423 g/mol. The van der Waals surface area contributed by atoms with Gasteiger partial charge in [-0.2, -0.15) is 5.10 Å². The van der Waals surface area contributed by atoms with E-state index in [2.05, 4.69) is 20.5 Å². The van der Waals surface area contributed by atoms with Gasteiger partial charge in [-0.05, 0) is 48.4 Å². The third-order valence-corrected chi connectivity index (χ3v) is 5.62. The number of rotatable bonds is 4. The molecule has 0 aliphatic carbocycles. The van der Waals surface area contributed by atoms with Crippen LogP contribution in [0, 0.1) is 6.92 Å². The van der Waals surface area contributed by atoms with Gasteiger partial charge in [0.25, 0.3) is 5.56 Å². The largest absolute Gasteiger partial charge is 0.326 e. The van der Waals surface area contributed by atoms with E-state index in [0.29, 0.717) is 17.8 Å². The highest BCUT2D eigenvalue weighted by Gasteiger charge is 2.13. The van der Waals surface area contributed by atoms with Gasteiger partial charge in [0.1, 0.15) is 0 Å². The van der Waals surface area contributed by atoms with Gasteiger partial charge in [0.2, 0.25) is 5.91 Å². The van der Waals surface area contributed by atoms with E-state index in [0.717, 1.165) is 38.5 Å². The Morgan fingerprint density at radius 2 is 1.94 bits per heavy atom. The number of pyridine rings is 2. The molecule has 7 heteroatoms. The fourth-order valence-corrected chi connectivity index (χ4v) is 3.88. The summed E-state index contributed by atoms with van der Waals surface area (Å²) in [4.78, 5) is 29.7. The molecular weight excluding hydrogens is 402 g/mol. The molecular formula is C25H21N5O2. The molecule has 3 aromatic heterocycles. The smallest absolute Gasteiger partial charge is 0.255 e. The van der Waals surface area contributed by atoms with Crippen LogP contribution >= 0.6 is 0 Å². The van der Waals surface area contributed by atoms with Crippen LogP contribution in [0.2, 0.25) is 0 Å². The average Bonchev–Trinajstić information content (AvgIpc) is 3.35. The molecule has 5 rings (SSSR count). The summed E-state index contributed by atoms with van der Waals surface area (Å²) in [7, 11) is 0. The van der Waals surface area contributed by atoms with Gasteiger partial charge < -0.3 is 5.32 Å². The van der Waals surface area contributed by atoms with Crippen molar-refractivity contribution in [3.63, 3.8) is 0 Å². The van der Waals surface area contributed by atoms with E-state index in [1.807, 2.05) is 49.5 Å². The first-order valence-electron chi connectivity index (χ1n) is 10.4. The Morgan fingerprint density at radius 1 is 1.06 bits per heavy atom. The molecule has 0 atom stereocenters. The standard InChI is InChI=1S/C25H21N5O2/c1-3-23(31)29-22-11-19(7-4-15(22)2)30-24(32)9-6-17-12-26-21-8-5-16(10-20(21)25(17)30)18-13-27-28-14-18/h4-14H,3H2,1-2H3,(H,27,28)(H,29,31). The van der Waals surface area contributed by atoms with Crippen LogP contribution in [0.5, 0.6) is 0 Å². The Labute approximate surface area is 183 Å². The number of anilines is 1. The molecule has 0 radical (unpaired) electrons. The molecule has 158 valence electrons. The molecule has 5 aromatic rings. The Bertz CT molecular complexity index is 1530. The molecule has 0 saturated heterocycles. The van der Waals surface area contributed by atoms with Crippen molar-refractivity contribution in [3.8, 4) is 16.8 Å². The number of benzene rings is 2. The summed E-state index contributed by atoms with van der Waals surface area (Å²) < 4.78 is 1.68. The van der Waals surface area contributed by atoms with E-state index in [9.17, 15) is 9.59 Å². The van der Waals surface area contributed by atoms with Crippen molar-refractivity contribution < 1.29 is 4.79 Å². The number of nitrogens with one attached hydrogen (secondary N) is 2. The second-order valence-electron chi connectivity index (χ2n) is 7.69. The maximum atomic E-state index is 13.1. The van der Waals surface area contributed by atoms with E-state index in [-0.39, 0.29) is 11.5 Å². The van der Waals surface area contributed by atoms with E-state index in [1.165, 1.54) is 0 Å². The van der Waals surface area contributed by atoms with Gasteiger partial charge in [0.05, 0.1) is 22.9 Å². The third-order valence-electron chi connectivity index (χ3n) is 5.62. The lowest BCUT2D eigenvalue weighted by atomic mass is 10.0. The van der Waals surface area contributed by atoms with Crippen molar-refractivity contribution in [2.75, 3.05) is 5.32 Å². The van der Waals surface area contributed by atoms with Gasteiger partial charge in [0.15, 0.2) is 0 Å². The lowest BCUT2D eigenvalue weighted by Crippen LogP contribution is -2.18. The van der Waals surface area contributed by atoms with E-state index < -0.39 is 0 Å². The zero-order valence-electron chi connectivity index (χ0n) is 17.7. The number of aryl methyl sites for hydroxylation is 1. The minimum absolute atomic E-state index is 0.0741. The molecule has 0 unspecified atom stereocenters. The number of fused-ring (bicyclic) bond motifs is 3. The normalized spacial score (nSPS) is 11.2. The summed E-state index contributed by atoms with van der Waals surface area (Å²) in [6.45, 7) is 3.73. The molecule has 0 aliphatic heterocycles. The molecule has 0 saturated carbocycles. The summed E-state index contributed by atoms with van der Waals surface area (Å²) in [5.74, 6) is -0.0741. The molecule has 2 aromatic carbocycles. The summed E-state index contributed by atoms with van der Waals surface area (Å²) in [6.07, 6.45) is 5.75. The van der Waals surface area contributed by atoms with E-state index in [1.54, 1.807) is 36.0 Å². The molecule has 0 fully saturated rings. The summed E-state index contributed by atoms with van der Waals surface area (Å²) in [5, 5.41) is 11.5. The predicted octanol–water partition coefficient (Wildman–Crippen LogP) is 4.59. The van der Waals surface area contributed by atoms with Crippen LogP contribution in [0.1, 0.15) is 18.9 Å². The van der Waals surface area contributed by atoms with Gasteiger partial charge in [-0.1, -0.05) is 19.1 Å². The SMILES string of the molecule is CCC(=O)Nc1cc(-n2c(=O)ccc3cnc4ccc(-c5cn[nH]c5)cc4c32)ccc1C. The van der Waals surface area contributed by atoms with Crippen LogP contribution in [-0.4, -0.2) is 25.7 Å². The van der Waals surface area contributed by atoms with Crippen LogP contribution in [0.25, 0.3) is 38.6 Å². The van der Waals surface area contributed by atoms with Gasteiger partial charge in [0, 0.05) is 46.9 Å². The van der Waals surface area contributed by atoms with Gasteiger partial charge in [-0.15, -0.1) is 0 Å². The van der Waals surface area contributed by atoms with Crippen molar-refractivity contribution in [2.45, 2.75) is 20.3 Å². The molecule has 3 heterocycles. The Hall–Kier alpha value is -4.26. The Morgan fingerprint density at radius 3 is 2.72 bits per heavy atom. The zero-order valence-corrected chi connectivity index (χ0v) is 17.7. The van der Waals surface area contributed by atoms with Crippen molar-refractivity contribution in [3.05, 3.63) is 83.0 Å². The second-order valence-corrected chi connectivity index (χ2v) is 7.69. The highest BCUT2D eigenvalue weighted by atomic mass is 16.1. The van der Waals surface area contributed by atoms with Crippen molar-refractivity contribution in [1.29, 1.82) is 0 Å². The molecule has 1 amide bonds. The van der Waals surface area contributed by atoms with Gasteiger partial charge in [-0.3, -0.25) is 24.2 Å². The summed E-state index contributed by atoms with van der Waals surface area (Å²) in [6, 6.07) is 14.9. The number of aromatic amines is 1. The number of hydrogen-bond acceptors (Lipinski definition) is 4. The number of nitrogens with zero attached hydrogens (tertiary/aromatic N) is 3. The zero-order chi connectivity index (χ0) is 22.2. The van der Waals surface area contributed by atoms with Crippen molar-refractivity contribution in [1.82, 2.24) is 19.7 Å². The fourth-order valence-electron chi connectivity index (χ4n) is 3.88. The van der Waals surface area contributed by atoms with E-state index >= 15 is 0 Å². The minimum Gasteiger partial charge on any atom is -0.326 e. The molecule has 0 bridgehead atoms. The summed E-state index contributed by atoms with van der Waals surface area (Å²) >= 11 is 0. The fraction of sp³-hybridized carbons (Fsp3) is 0.120. The third kappa shape index (κ3) is 3.33. The van der Waals surface area contributed by atoms with Crippen LogP contribution in [0.15, 0.2) is 71.9 Å². The molecule has 7 nitrogen and oxygen atoms in total. The minimum atomic E-state index is -0.157.